The van der Waals surface area contributed by atoms with E-state index in [2.05, 4.69) is 6.92 Å². The lowest BCUT2D eigenvalue weighted by atomic mass is 9.94. The van der Waals surface area contributed by atoms with E-state index in [4.69, 9.17) is 0 Å². The summed E-state index contributed by atoms with van der Waals surface area (Å²) in [5.74, 6) is 0.454. The summed E-state index contributed by atoms with van der Waals surface area (Å²) in [6.45, 7) is 4.08. The molecule has 1 aliphatic carbocycles. The number of rotatable bonds is 0. The molecular weight excluding hydrogens is 115 g/mol. The van der Waals surface area contributed by atoms with Crippen LogP contribution in [-0.4, -0.2) is 0 Å². The Balaban J connectivity index is 2.74. The molecule has 0 aromatic carbocycles. The fourth-order valence-electron chi connectivity index (χ4n) is 0.894. The van der Waals surface area contributed by atoms with Crippen LogP contribution in [0.3, 0.4) is 0 Å². The summed E-state index contributed by atoms with van der Waals surface area (Å²) in [4.78, 5) is 0. The van der Waals surface area contributed by atoms with Crippen LogP contribution in [0, 0.1) is 5.92 Å². The Morgan fingerprint density at radius 2 is 2.33 bits per heavy atom. The average Bonchev–Trinajstić information content (AvgIpc) is 1.80. The molecule has 0 aromatic heterocycles. The summed E-state index contributed by atoms with van der Waals surface area (Å²) in [6.07, 6.45) is 4.10. The predicted molar refractivity (Wildman–Crippen MR) is 36.7 cm³/mol. The van der Waals surface area contributed by atoms with Crippen LogP contribution in [0.5, 0.6) is 0 Å². The Kier molecular flexibility index (Phi) is 1.70. The molecule has 0 heterocycles. The first-order valence-electron chi connectivity index (χ1n) is 3.24. The molecule has 50 valence electrons. The van der Waals surface area contributed by atoms with E-state index in [-0.39, 0.29) is 5.83 Å². The van der Waals surface area contributed by atoms with Gasteiger partial charge >= 0.3 is 0 Å². The monoisotopic (exact) mass is 126 g/mol. The Bertz CT molecular complexity index is 165. The second-order valence-corrected chi connectivity index (χ2v) is 2.61. The number of halogens is 1. The van der Waals surface area contributed by atoms with Crippen LogP contribution >= 0.6 is 0 Å². The van der Waals surface area contributed by atoms with Gasteiger partial charge in [-0.25, -0.2) is 4.39 Å². The normalized spacial score (nSPS) is 27.2. The molecule has 1 heteroatoms. The third kappa shape index (κ3) is 1.41. The maximum absolute atomic E-state index is 12.4. The van der Waals surface area contributed by atoms with Crippen molar-refractivity contribution in [3.63, 3.8) is 0 Å². The van der Waals surface area contributed by atoms with E-state index in [0.29, 0.717) is 5.92 Å². The van der Waals surface area contributed by atoms with Crippen molar-refractivity contribution in [3.05, 3.63) is 23.6 Å². The van der Waals surface area contributed by atoms with E-state index in [9.17, 15) is 4.39 Å². The molecular formula is C8H11F. The fraction of sp³-hybridized carbons (Fsp3) is 0.500. The zero-order valence-corrected chi connectivity index (χ0v) is 5.82. The van der Waals surface area contributed by atoms with E-state index < -0.39 is 0 Å². The van der Waals surface area contributed by atoms with E-state index in [1.165, 1.54) is 0 Å². The molecule has 0 amide bonds. The van der Waals surface area contributed by atoms with Gasteiger partial charge in [0.25, 0.3) is 0 Å². The molecule has 1 rings (SSSR count). The van der Waals surface area contributed by atoms with Gasteiger partial charge in [-0.2, -0.15) is 0 Å². The maximum atomic E-state index is 12.4. The highest BCUT2D eigenvalue weighted by molar-refractivity contribution is 5.23. The molecule has 0 spiro atoms. The van der Waals surface area contributed by atoms with Gasteiger partial charge in [-0.3, -0.25) is 0 Å². The highest BCUT2D eigenvalue weighted by Gasteiger charge is 2.07. The average molecular weight is 126 g/mol. The van der Waals surface area contributed by atoms with Crippen LogP contribution in [0.15, 0.2) is 23.6 Å². The Hall–Kier alpha value is -0.590. The van der Waals surface area contributed by atoms with Gasteiger partial charge < -0.3 is 0 Å². The van der Waals surface area contributed by atoms with Crippen molar-refractivity contribution in [1.29, 1.82) is 0 Å². The molecule has 0 radical (unpaired) electrons. The van der Waals surface area contributed by atoms with Gasteiger partial charge in [0, 0.05) is 0 Å². The summed E-state index contributed by atoms with van der Waals surface area (Å²) in [6, 6.07) is 0. The third-order valence-electron chi connectivity index (χ3n) is 1.81. The molecule has 0 bridgehead atoms. The minimum Gasteiger partial charge on any atom is -0.207 e. The van der Waals surface area contributed by atoms with Gasteiger partial charge in [-0.1, -0.05) is 12.5 Å². The molecule has 1 unspecified atom stereocenters. The fourth-order valence-corrected chi connectivity index (χ4v) is 0.894. The summed E-state index contributed by atoms with van der Waals surface area (Å²) in [5.41, 5.74) is 1.15. The highest BCUT2D eigenvalue weighted by Crippen LogP contribution is 2.22. The molecule has 1 aliphatic rings. The molecule has 9 heavy (non-hydrogen) atoms. The van der Waals surface area contributed by atoms with Gasteiger partial charge in [0.05, 0.1) is 0 Å². The smallest absolute Gasteiger partial charge is 0.119 e. The molecule has 0 saturated carbocycles. The zero-order valence-electron chi connectivity index (χ0n) is 5.82. The van der Waals surface area contributed by atoms with Crippen molar-refractivity contribution in [3.8, 4) is 0 Å². The molecule has 0 N–H and O–H groups in total. The van der Waals surface area contributed by atoms with Crippen LogP contribution in [0.4, 0.5) is 4.39 Å². The van der Waals surface area contributed by atoms with E-state index in [1.807, 2.05) is 6.92 Å². The molecule has 0 aliphatic heterocycles. The van der Waals surface area contributed by atoms with Crippen LogP contribution < -0.4 is 0 Å². The SMILES string of the molecule is CC1=CC(F)=CCC1C. The lowest BCUT2D eigenvalue weighted by Gasteiger charge is -2.12. The summed E-state index contributed by atoms with van der Waals surface area (Å²) < 4.78 is 12.4. The van der Waals surface area contributed by atoms with Crippen molar-refractivity contribution < 1.29 is 4.39 Å². The summed E-state index contributed by atoms with van der Waals surface area (Å²) in [7, 11) is 0. The van der Waals surface area contributed by atoms with Crippen LogP contribution in [0.1, 0.15) is 20.3 Å². The quantitative estimate of drug-likeness (QED) is 0.468. The second kappa shape index (κ2) is 2.34. The molecule has 0 aromatic rings. The Morgan fingerprint density at radius 1 is 1.67 bits per heavy atom. The lowest BCUT2D eigenvalue weighted by molar-refractivity contribution is 0.605. The first-order chi connectivity index (χ1) is 4.20. The standard InChI is InChI=1S/C8H11F/c1-6-3-4-8(9)5-7(6)2/h4-6H,3H2,1-2H3. The largest absolute Gasteiger partial charge is 0.207 e. The van der Waals surface area contributed by atoms with Crippen LogP contribution in [0.25, 0.3) is 0 Å². The summed E-state index contributed by atoms with van der Waals surface area (Å²) in [5, 5.41) is 0. The first-order valence-corrected chi connectivity index (χ1v) is 3.24. The van der Waals surface area contributed by atoms with Crippen LogP contribution in [-0.2, 0) is 0 Å². The van der Waals surface area contributed by atoms with Gasteiger partial charge in [0.1, 0.15) is 5.83 Å². The topological polar surface area (TPSA) is 0 Å². The van der Waals surface area contributed by atoms with Crippen LogP contribution in [0.2, 0.25) is 0 Å². The van der Waals surface area contributed by atoms with Crippen molar-refractivity contribution in [2.45, 2.75) is 20.3 Å². The minimum absolute atomic E-state index is 0.0781. The molecule has 0 nitrogen and oxygen atoms in total. The number of allylic oxidation sites excluding steroid dienone is 4. The molecule has 0 saturated heterocycles. The van der Waals surface area contributed by atoms with Crippen molar-refractivity contribution in [2.24, 2.45) is 5.92 Å². The molecule has 0 fully saturated rings. The zero-order chi connectivity index (χ0) is 6.85. The van der Waals surface area contributed by atoms with E-state index in [0.717, 1.165) is 12.0 Å². The summed E-state index contributed by atoms with van der Waals surface area (Å²) >= 11 is 0. The molecule has 1 atom stereocenters. The highest BCUT2D eigenvalue weighted by atomic mass is 19.1. The van der Waals surface area contributed by atoms with Crippen molar-refractivity contribution in [1.82, 2.24) is 0 Å². The number of hydrogen-bond acceptors (Lipinski definition) is 0. The van der Waals surface area contributed by atoms with Gasteiger partial charge in [-0.05, 0) is 31.4 Å². The maximum Gasteiger partial charge on any atom is 0.119 e. The minimum atomic E-state index is -0.0781. The third-order valence-corrected chi connectivity index (χ3v) is 1.81. The van der Waals surface area contributed by atoms with E-state index in [1.54, 1.807) is 12.2 Å². The Labute approximate surface area is 55.1 Å². The van der Waals surface area contributed by atoms with E-state index >= 15 is 0 Å². The predicted octanol–water partition coefficient (Wildman–Crippen LogP) is 2.83. The van der Waals surface area contributed by atoms with Crippen molar-refractivity contribution >= 4 is 0 Å². The lowest BCUT2D eigenvalue weighted by Crippen LogP contribution is -1.98. The van der Waals surface area contributed by atoms with Gasteiger partial charge in [-0.15, -0.1) is 0 Å². The van der Waals surface area contributed by atoms with Crippen molar-refractivity contribution in [2.75, 3.05) is 0 Å². The first kappa shape index (κ1) is 6.53. The second-order valence-electron chi connectivity index (χ2n) is 2.61. The Morgan fingerprint density at radius 3 is 2.78 bits per heavy atom. The number of hydrogen-bond donors (Lipinski definition) is 0. The van der Waals surface area contributed by atoms with Gasteiger partial charge in [0.15, 0.2) is 0 Å². The van der Waals surface area contributed by atoms with Gasteiger partial charge in [0.2, 0.25) is 0 Å².